The third-order valence-electron chi connectivity index (χ3n) is 4.61. The van der Waals surface area contributed by atoms with Gasteiger partial charge in [-0.3, -0.25) is 9.78 Å². The van der Waals surface area contributed by atoms with Crippen LogP contribution in [0.3, 0.4) is 0 Å². The minimum Gasteiger partial charge on any atom is -0.362 e. The molecule has 3 aromatic rings. The van der Waals surface area contributed by atoms with E-state index in [1.165, 1.54) is 4.57 Å². The van der Waals surface area contributed by atoms with Crippen molar-refractivity contribution in [3.05, 3.63) is 63.8 Å². The summed E-state index contributed by atoms with van der Waals surface area (Å²) in [7, 11) is 1.68. The standard InChI is InChI=1S/C22H24N2O3/c1-13(2)27-19(12-25)21-20(16-8-7-15(4)23-11-16)18-10-14(3)6-9-17(18)22(26)24(21)5/h6-13,19H,1-5H3. The predicted molar refractivity (Wildman–Crippen MR) is 107 cm³/mol. The Hall–Kier alpha value is -2.79. The molecule has 0 saturated heterocycles. The van der Waals surface area contributed by atoms with E-state index in [2.05, 4.69) is 4.98 Å². The Morgan fingerprint density at radius 1 is 1.11 bits per heavy atom. The van der Waals surface area contributed by atoms with E-state index in [0.29, 0.717) is 11.1 Å². The lowest BCUT2D eigenvalue weighted by molar-refractivity contribution is -0.121. The summed E-state index contributed by atoms with van der Waals surface area (Å²) in [4.78, 5) is 29.3. The van der Waals surface area contributed by atoms with Crippen molar-refractivity contribution in [2.45, 2.75) is 39.9 Å². The third kappa shape index (κ3) is 3.55. The van der Waals surface area contributed by atoms with Crippen LogP contribution in [-0.2, 0) is 16.6 Å². The van der Waals surface area contributed by atoms with Gasteiger partial charge < -0.3 is 14.1 Å². The number of rotatable bonds is 5. The highest BCUT2D eigenvalue weighted by atomic mass is 16.5. The molecule has 0 saturated carbocycles. The molecule has 140 valence electrons. The van der Waals surface area contributed by atoms with Gasteiger partial charge >= 0.3 is 0 Å². The Bertz CT molecular complexity index is 1050. The van der Waals surface area contributed by atoms with Crippen LogP contribution in [0, 0.1) is 13.8 Å². The van der Waals surface area contributed by atoms with E-state index in [-0.39, 0.29) is 11.7 Å². The van der Waals surface area contributed by atoms with E-state index in [1.807, 2.05) is 58.0 Å². The molecule has 0 aliphatic heterocycles. The van der Waals surface area contributed by atoms with Gasteiger partial charge in [0.1, 0.15) is 0 Å². The van der Waals surface area contributed by atoms with Crippen molar-refractivity contribution in [1.82, 2.24) is 9.55 Å². The molecule has 0 amide bonds. The third-order valence-corrected chi connectivity index (χ3v) is 4.61. The molecule has 1 atom stereocenters. The van der Waals surface area contributed by atoms with Gasteiger partial charge in [-0.05, 0) is 45.2 Å². The molecule has 5 nitrogen and oxygen atoms in total. The lowest BCUT2D eigenvalue weighted by atomic mass is 9.94. The maximum absolute atomic E-state index is 13.0. The molecule has 1 aromatic carbocycles. The first-order valence-corrected chi connectivity index (χ1v) is 9.00. The van der Waals surface area contributed by atoms with Crippen LogP contribution in [0.4, 0.5) is 0 Å². The average Bonchev–Trinajstić information content (AvgIpc) is 2.63. The minimum atomic E-state index is -0.844. The smallest absolute Gasteiger partial charge is 0.258 e. The van der Waals surface area contributed by atoms with Crippen molar-refractivity contribution in [3.8, 4) is 11.1 Å². The van der Waals surface area contributed by atoms with Crippen molar-refractivity contribution in [1.29, 1.82) is 0 Å². The highest BCUT2D eigenvalue weighted by molar-refractivity contribution is 5.98. The van der Waals surface area contributed by atoms with Gasteiger partial charge in [-0.2, -0.15) is 0 Å². The Balaban J connectivity index is 2.47. The van der Waals surface area contributed by atoms with E-state index in [1.54, 1.807) is 13.2 Å². The molecule has 0 aliphatic carbocycles. The second kappa shape index (κ2) is 7.45. The maximum atomic E-state index is 13.0. The Kier molecular flexibility index (Phi) is 5.24. The highest BCUT2D eigenvalue weighted by Crippen LogP contribution is 2.35. The SMILES string of the molecule is Cc1ccc2c(=O)n(C)c(C(C=O)OC(C)C)c(-c3ccc(C)nc3)c2c1. The summed E-state index contributed by atoms with van der Waals surface area (Å²) >= 11 is 0. The first kappa shape index (κ1) is 19.0. The summed E-state index contributed by atoms with van der Waals surface area (Å²) in [6, 6.07) is 9.62. The normalized spacial score (nSPS) is 12.5. The summed E-state index contributed by atoms with van der Waals surface area (Å²) in [5.74, 6) is 0. The summed E-state index contributed by atoms with van der Waals surface area (Å²) < 4.78 is 7.36. The fraction of sp³-hybridized carbons (Fsp3) is 0.318. The first-order chi connectivity index (χ1) is 12.8. The van der Waals surface area contributed by atoms with Crippen LogP contribution in [0.5, 0.6) is 0 Å². The van der Waals surface area contributed by atoms with E-state index >= 15 is 0 Å². The molecule has 2 heterocycles. The van der Waals surface area contributed by atoms with Crippen LogP contribution in [-0.4, -0.2) is 21.9 Å². The monoisotopic (exact) mass is 364 g/mol. The maximum Gasteiger partial charge on any atom is 0.258 e. The van der Waals surface area contributed by atoms with Crippen molar-refractivity contribution in [2.24, 2.45) is 7.05 Å². The molecular weight excluding hydrogens is 340 g/mol. The second-order valence-corrected chi connectivity index (χ2v) is 7.10. The number of aldehydes is 1. The van der Waals surface area contributed by atoms with Gasteiger partial charge in [-0.1, -0.05) is 23.8 Å². The Morgan fingerprint density at radius 2 is 1.85 bits per heavy atom. The van der Waals surface area contributed by atoms with Gasteiger partial charge in [0.15, 0.2) is 12.4 Å². The lowest BCUT2D eigenvalue weighted by Gasteiger charge is -2.23. The molecule has 0 bridgehead atoms. The molecule has 0 radical (unpaired) electrons. The second-order valence-electron chi connectivity index (χ2n) is 7.10. The van der Waals surface area contributed by atoms with E-state index in [4.69, 9.17) is 4.74 Å². The molecule has 3 rings (SSSR count). The van der Waals surface area contributed by atoms with Gasteiger partial charge in [0, 0.05) is 35.5 Å². The molecule has 5 heteroatoms. The van der Waals surface area contributed by atoms with Crippen LogP contribution in [0.2, 0.25) is 0 Å². The van der Waals surface area contributed by atoms with Crippen LogP contribution < -0.4 is 5.56 Å². The largest absolute Gasteiger partial charge is 0.362 e. The van der Waals surface area contributed by atoms with Gasteiger partial charge in [-0.25, -0.2) is 0 Å². The average molecular weight is 364 g/mol. The topological polar surface area (TPSA) is 61.2 Å². The molecule has 0 fully saturated rings. The summed E-state index contributed by atoms with van der Waals surface area (Å²) in [6.45, 7) is 7.64. The van der Waals surface area contributed by atoms with Crippen molar-refractivity contribution < 1.29 is 9.53 Å². The molecule has 0 spiro atoms. The molecular formula is C22H24N2O3. The number of aromatic nitrogens is 2. The summed E-state index contributed by atoms with van der Waals surface area (Å²) in [6.07, 6.45) is 1.52. The Morgan fingerprint density at radius 3 is 2.44 bits per heavy atom. The quantitative estimate of drug-likeness (QED) is 0.645. The number of ether oxygens (including phenoxy) is 1. The predicted octanol–water partition coefficient (Wildman–Crippen LogP) is 3.88. The molecule has 1 unspecified atom stereocenters. The number of nitrogens with zero attached hydrogens (tertiary/aromatic N) is 2. The number of benzene rings is 1. The number of carbonyl (C=O) groups is 1. The Labute approximate surface area is 158 Å². The molecule has 27 heavy (non-hydrogen) atoms. The van der Waals surface area contributed by atoms with Gasteiger partial charge in [0.05, 0.1) is 11.8 Å². The van der Waals surface area contributed by atoms with Gasteiger partial charge in [-0.15, -0.1) is 0 Å². The summed E-state index contributed by atoms with van der Waals surface area (Å²) in [5.41, 5.74) is 3.99. The fourth-order valence-corrected chi connectivity index (χ4v) is 3.35. The summed E-state index contributed by atoms with van der Waals surface area (Å²) in [5, 5.41) is 1.41. The zero-order valence-corrected chi connectivity index (χ0v) is 16.3. The highest BCUT2D eigenvalue weighted by Gasteiger charge is 2.24. The number of hydrogen-bond acceptors (Lipinski definition) is 4. The number of carbonyl (C=O) groups excluding carboxylic acids is 1. The van der Waals surface area contributed by atoms with Gasteiger partial charge in [0.2, 0.25) is 0 Å². The van der Waals surface area contributed by atoms with E-state index in [9.17, 15) is 9.59 Å². The van der Waals surface area contributed by atoms with Gasteiger partial charge in [0.25, 0.3) is 5.56 Å². The fourth-order valence-electron chi connectivity index (χ4n) is 3.35. The zero-order chi connectivity index (χ0) is 19.7. The molecule has 2 aromatic heterocycles. The zero-order valence-electron chi connectivity index (χ0n) is 16.3. The van der Waals surface area contributed by atoms with E-state index in [0.717, 1.165) is 34.1 Å². The van der Waals surface area contributed by atoms with Crippen LogP contribution in [0.15, 0.2) is 41.3 Å². The number of hydrogen-bond donors (Lipinski definition) is 0. The number of pyridine rings is 2. The molecule has 0 N–H and O–H groups in total. The van der Waals surface area contributed by atoms with Crippen molar-refractivity contribution in [3.63, 3.8) is 0 Å². The number of fused-ring (bicyclic) bond motifs is 1. The van der Waals surface area contributed by atoms with E-state index < -0.39 is 6.10 Å². The van der Waals surface area contributed by atoms with Crippen LogP contribution in [0.25, 0.3) is 21.9 Å². The van der Waals surface area contributed by atoms with Crippen LogP contribution >= 0.6 is 0 Å². The van der Waals surface area contributed by atoms with Crippen LogP contribution in [0.1, 0.15) is 36.9 Å². The lowest BCUT2D eigenvalue weighted by Crippen LogP contribution is -2.26. The first-order valence-electron chi connectivity index (χ1n) is 9.00. The van der Waals surface area contributed by atoms with Crippen molar-refractivity contribution in [2.75, 3.05) is 0 Å². The van der Waals surface area contributed by atoms with Crippen molar-refractivity contribution >= 4 is 17.1 Å². The number of aryl methyl sites for hydroxylation is 2. The minimum absolute atomic E-state index is 0.150. The molecule has 0 aliphatic rings.